The van der Waals surface area contributed by atoms with Crippen LogP contribution in [0.2, 0.25) is 0 Å². The third kappa shape index (κ3) is 2.63. The molecule has 2 aromatic carbocycles. The summed E-state index contributed by atoms with van der Waals surface area (Å²) in [5.74, 6) is 0.926. The smallest absolute Gasteiger partial charge is 0.243 e. The molecule has 1 aliphatic heterocycles. The Hall–Kier alpha value is -3.48. The average Bonchev–Trinajstić information content (AvgIpc) is 3.18. The lowest BCUT2D eigenvalue weighted by Crippen LogP contribution is -2.18. The van der Waals surface area contributed by atoms with Gasteiger partial charge in [0.2, 0.25) is 11.7 Å². The Morgan fingerprint density at radius 2 is 1.85 bits per heavy atom. The van der Waals surface area contributed by atoms with Crippen molar-refractivity contribution in [2.75, 3.05) is 14.2 Å². The Morgan fingerprint density at radius 3 is 2.65 bits per heavy atom. The molecule has 7 nitrogen and oxygen atoms in total. The van der Waals surface area contributed by atoms with Crippen LogP contribution in [0.3, 0.4) is 0 Å². The van der Waals surface area contributed by atoms with E-state index < -0.39 is 5.92 Å². The summed E-state index contributed by atoms with van der Waals surface area (Å²) in [7, 11) is 3.12. The van der Waals surface area contributed by atoms with Crippen LogP contribution in [0.5, 0.6) is 11.5 Å². The topological polar surface area (TPSA) is 86.8 Å². The molecule has 2 heterocycles. The number of aromatic nitrogens is 2. The van der Waals surface area contributed by atoms with Gasteiger partial charge in [0.1, 0.15) is 5.92 Å². The van der Waals surface area contributed by atoms with Gasteiger partial charge in [-0.25, -0.2) is 0 Å². The number of fused-ring (bicyclic) bond motifs is 1. The molecule has 4 rings (SSSR count). The lowest BCUT2D eigenvalue weighted by atomic mass is 9.94. The molecule has 0 saturated carbocycles. The minimum atomic E-state index is -0.689. The van der Waals surface area contributed by atoms with Gasteiger partial charge in [-0.2, -0.15) is 4.98 Å². The van der Waals surface area contributed by atoms with Crippen molar-refractivity contribution in [2.24, 2.45) is 4.99 Å². The van der Waals surface area contributed by atoms with E-state index in [4.69, 9.17) is 14.0 Å². The van der Waals surface area contributed by atoms with Crippen molar-refractivity contribution in [2.45, 2.75) is 5.92 Å². The number of carbonyl (C=O) groups is 1. The summed E-state index contributed by atoms with van der Waals surface area (Å²) in [5, 5.41) is 3.99. The van der Waals surface area contributed by atoms with Gasteiger partial charge in [-0.05, 0) is 30.3 Å². The molecule has 130 valence electrons. The number of hydrogen-bond acceptors (Lipinski definition) is 7. The minimum Gasteiger partial charge on any atom is -0.493 e. The number of para-hydroxylation sites is 1. The maximum atomic E-state index is 12.7. The monoisotopic (exact) mass is 349 g/mol. The van der Waals surface area contributed by atoms with E-state index in [-0.39, 0.29) is 11.7 Å². The zero-order chi connectivity index (χ0) is 18.1. The summed E-state index contributed by atoms with van der Waals surface area (Å²) in [5.41, 5.74) is 1.89. The molecule has 26 heavy (non-hydrogen) atoms. The number of ether oxygens (including phenoxy) is 2. The number of methoxy groups -OCH3 is 2. The molecule has 0 bridgehead atoms. The van der Waals surface area contributed by atoms with Crippen LogP contribution in [-0.2, 0) is 0 Å². The van der Waals surface area contributed by atoms with E-state index in [1.807, 2.05) is 6.07 Å². The van der Waals surface area contributed by atoms with Crippen molar-refractivity contribution in [1.82, 2.24) is 10.1 Å². The molecule has 1 unspecified atom stereocenters. The molecule has 1 aromatic heterocycles. The highest BCUT2D eigenvalue weighted by Gasteiger charge is 2.30. The van der Waals surface area contributed by atoms with Crippen LogP contribution in [-0.4, -0.2) is 36.4 Å². The van der Waals surface area contributed by atoms with Gasteiger partial charge < -0.3 is 14.0 Å². The molecule has 1 atom stereocenters. The number of carbonyl (C=O) groups excluding carboxylic acids is 1. The Kier molecular flexibility index (Phi) is 3.96. The van der Waals surface area contributed by atoms with Crippen molar-refractivity contribution < 1.29 is 18.8 Å². The molecule has 0 saturated heterocycles. The second-order valence-electron chi connectivity index (χ2n) is 5.66. The SMILES string of the molecule is COc1ccc(-c2noc(C3C=Nc4ccccc4C3=O)n2)cc1OC. The molecule has 0 N–H and O–H groups in total. The van der Waals surface area contributed by atoms with Crippen molar-refractivity contribution >= 4 is 17.7 Å². The molecule has 7 heteroatoms. The van der Waals surface area contributed by atoms with Crippen LogP contribution in [0.4, 0.5) is 5.69 Å². The summed E-state index contributed by atoms with van der Waals surface area (Å²) in [6, 6.07) is 12.5. The van der Waals surface area contributed by atoms with Crippen LogP contribution in [0.1, 0.15) is 22.2 Å². The van der Waals surface area contributed by atoms with Gasteiger partial charge in [-0.3, -0.25) is 9.79 Å². The summed E-state index contributed by atoms with van der Waals surface area (Å²) in [4.78, 5) is 21.4. The van der Waals surface area contributed by atoms with Gasteiger partial charge in [-0.15, -0.1) is 0 Å². The summed E-state index contributed by atoms with van der Waals surface area (Å²) < 4.78 is 15.8. The molecular formula is C19H15N3O4. The molecule has 0 amide bonds. The van der Waals surface area contributed by atoms with Crippen LogP contribution in [0.25, 0.3) is 11.4 Å². The number of aliphatic imine (C=N–C) groups is 1. The Labute approximate surface area is 149 Å². The van der Waals surface area contributed by atoms with Gasteiger partial charge in [0.25, 0.3) is 0 Å². The minimum absolute atomic E-state index is 0.113. The van der Waals surface area contributed by atoms with Crippen molar-refractivity contribution in [3.05, 3.63) is 53.9 Å². The molecular weight excluding hydrogens is 334 g/mol. The summed E-state index contributed by atoms with van der Waals surface area (Å²) in [6.45, 7) is 0. The highest BCUT2D eigenvalue weighted by atomic mass is 16.5. The second kappa shape index (κ2) is 6.44. The predicted molar refractivity (Wildman–Crippen MR) is 94.5 cm³/mol. The first-order chi connectivity index (χ1) is 12.7. The molecule has 0 radical (unpaired) electrons. The van der Waals surface area contributed by atoms with Gasteiger partial charge in [0.05, 0.1) is 19.9 Å². The Morgan fingerprint density at radius 1 is 1.04 bits per heavy atom. The number of benzene rings is 2. The summed E-state index contributed by atoms with van der Waals surface area (Å²) >= 11 is 0. The van der Waals surface area contributed by atoms with E-state index in [2.05, 4.69) is 15.1 Å². The van der Waals surface area contributed by atoms with E-state index >= 15 is 0 Å². The van der Waals surface area contributed by atoms with Crippen LogP contribution in [0.15, 0.2) is 52.0 Å². The highest BCUT2D eigenvalue weighted by Crippen LogP contribution is 2.33. The normalized spacial score (nSPS) is 15.6. The molecule has 1 aliphatic rings. The van der Waals surface area contributed by atoms with Crippen LogP contribution >= 0.6 is 0 Å². The highest BCUT2D eigenvalue weighted by molar-refractivity contribution is 6.15. The third-order valence-corrected chi connectivity index (χ3v) is 4.16. The van der Waals surface area contributed by atoms with Gasteiger partial charge in [0.15, 0.2) is 17.3 Å². The standard InChI is InChI=1S/C19H15N3O4/c1-24-15-8-7-11(9-16(15)25-2)18-21-19(26-22-18)13-10-20-14-6-4-3-5-12(14)17(13)23/h3-10,13H,1-2H3. The van der Waals surface area contributed by atoms with Crippen molar-refractivity contribution in [3.8, 4) is 22.9 Å². The van der Waals surface area contributed by atoms with Crippen LogP contribution < -0.4 is 9.47 Å². The molecule has 0 aliphatic carbocycles. The number of nitrogens with zero attached hydrogens (tertiary/aromatic N) is 3. The fourth-order valence-electron chi connectivity index (χ4n) is 2.81. The fraction of sp³-hybridized carbons (Fsp3) is 0.158. The predicted octanol–water partition coefficient (Wildman–Crippen LogP) is 3.44. The van der Waals surface area contributed by atoms with E-state index in [0.29, 0.717) is 34.1 Å². The Balaban J connectivity index is 1.66. The quantitative estimate of drug-likeness (QED) is 0.717. The first-order valence-electron chi connectivity index (χ1n) is 7.94. The van der Waals surface area contributed by atoms with E-state index in [1.54, 1.807) is 50.6 Å². The maximum absolute atomic E-state index is 12.7. The summed E-state index contributed by atoms with van der Waals surface area (Å²) in [6.07, 6.45) is 1.54. The van der Waals surface area contributed by atoms with Crippen molar-refractivity contribution in [3.63, 3.8) is 0 Å². The number of rotatable bonds is 4. The first-order valence-corrected chi connectivity index (χ1v) is 7.94. The largest absolute Gasteiger partial charge is 0.493 e. The lowest BCUT2D eigenvalue weighted by molar-refractivity contribution is 0.0971. The van der Waals surface area contributed by atoms with Crippen molar-refractivity contribution in [1.29, 1.82) is 0 Å². The number of hydrogen-bond donors (Lipinski definition) is 0. The molecule has 0 spiro atoms. The van der Waals surface area contributed by atoms with Gasteiger partial charge in [-0.1, -0.05) is 17.3 Å². The zero-order valence-electron chi connectivity index (χ0n) is 14.2. The molecule has 0 fully saturated rings. The Bertz CT molecular complexity index is 1010. The van der Waals surface area contributed by atoms with Crippen LogP contribution in [0, 0.1) is 0 Å². The van der Waals surface area contributed by atoms with E-state index in [9.17, 15) is 4.79 Å². The molecule has 3 aromatic rings. The average molecular weight is 349 g/mol. The van der Waals surface area contributed by atoms with Gasteiger partial charge in [0, 0.05) is 17.3 Å². The lowest BCUT2D eigenvalue weighted by Gasteiger charge is -2.13. The zero-order valence-corrected chi connectivity index (χ0v) is 14.2. The second-order valence-corrected chi connectivity index (χ2v) is 5.66. The maximum Gasteiger partial charge on any atom is 0.243 e. The van der Waals surface area contributed by atoms with Gasteiger partial charge >= 0.3 is 0 Å². The third-order valence-electron chi connectivity index (χ3n) is 4.16. The number of Topliss-reactive ketones (excluding diaryl/α,β-unsaturated/α-hetero) is 1. The van der Waals surface area contributed by atoms with E-state index in [0.717, 1.165) is 0 Å². The first kappa shape index (κ1) is 16.0. The number of ketones is 1. The fourth-order valence-corrected chi connectivity index (χ4v) is 2.81. The van der Waals surface area contributed by atoms with E-state index in [1.165, 1.54) is 6.21 Å².